The van der Waals surface area contributed by atoms with E-state index < -0.39 is 9.84 Å². The van der Waals surface area contributed by atoms with Gasteiger partial charge in [-0.1, -0.05) is 0 Å². The lowest BCUT2D eigenvalue weighted by Gasteiger charge is -2.13. The van der Waals surface area contributed by atoms with E-state index >= 15 is 0 Å². The van der Waals surface area contributed by atoms with Crippen LogP contribution in [0.3, 0.4) is 0 Å². The molecule has 20 heavy (non-hydrogen) atoms. The number of nitrogens with one attached hydrogen (secondary N) is 2. The van der Waals surface area contributed by atoms with Crippen molar-refractivity contribution in [2.45, 2.75) is 32.4 Å². The molecule has 110 valence electrons. The molecule has 0 saturated carbocycles. The van der Waals surface area contributed by atoms with E-state index in [1.54, 1.807) is 24.3 Å². The maximum absolute atomic E-state index is 11.8. The van der Waals surface area contributed by atoms with Gasteiger partial charge in [0.05, 0.1) is 11.5 Å². The highest BCUT2D eigenvalue weighted by Gasteiger charge is 2.27. The molecule has 6 heteroatoms. The van der Waals surface area contributed by atoms with Crippen LogP contribution in [0.25, 0.3) is 0 Å². The number of sulfone groups is 1. The first kappa shape index (κ1) is 14.8. The highest BCUT2D eigenvalue weighted by atomic mass is 32.2. The van der Waals surface area contributed by atoms with Gasteiger partial charge in [0.2, 0.25) is 0 Å². The Morgan fingerprint density at radius 1 is 1.25 bits per heavy atom. The molecule has 0 spiro atoms. The van der Waals surface area contributed by atoms with Gasteiger partial charge in [-0.15, -0.1) is 0 Å². The molecule has 0 aliphatic carbocycles. The summed E-state index contributed by atoms with van der Waals surface area (Å²) in [6.07, 6.45) is 0.637. The van der Waals surface area contributed by atoms with Crippen LogP contribution < -0.4 is 10.6 Å². The molecule has 1 unspecified atom stereocenters. The number of hydrogen-bond donors (Lipinski definition) is 2. The van der Waals surface area contributed by atoms with Gasteiger partial charge in [0, 0.05) is 23.3 Å². The van der Waals surface area contributed by atoms with Gasteiger partial charge in [-0.2, -0.15) is 0 Å². The zero-order valence-corrected chi connectivity index (χ0v) is 12.5. The van der Waals surface area contributed by atoms with Crippen LogP contribution >= 0.6 is 0 Å². The molecule has 1 aromatic carbocycles. The molecule has 1 atom stereocenters. The first-order valence-corrected chi connectivity index (χ1v) is 8.56. The molecule has 1 fully saturated rings. The zero-order chi connectivity index (χ0) is 14.8. The van der Waals surface area contributed by atoms with Gasteiger partial charge in [-0.3, -0.25) is 4.79 Å². The second-order valence-electron chi connectivity index (χ2n) is 5.45. The Kier molecular flexibility index (Phi) is 4.32. The third kappa shape index (κ3) is 3.96. The summed E-state index contributed by atoms with van der Waals surface area (Å²) < 4.78 is 22.8. The maximum atomic E-state index is 11.8. The number of carbonyl (C=O) groups excluding carboxylic acids is 1. The second kappa shape index (κ2) is 5.83. The fourth-order valence-corrected chi connectivity index (χ4v) is 3.88. The highest BCUT2D eigenvalue weighted by Crippen LogP contribution is 2.18. The van der Waals surface area contributed by atoms with Crippen LogP contribution in [0, 0.1) is 0 Å². The Hall–Kier alpha value is -1.56. The maximum Gasteiger partial charge on any atom is 0.251 e. The fourth-order valence-electron chi connectivity index (χ4n) is 2.21. The summed E-state index contributed by atoms with van der Waals surface area (Å²) in [6.45, 7) is 3.82. The molecule has 1 heterocycles. The van der Waals surface area contributed by atoms with Gasteiger partial charge in [0.15, 0.2) is 9.84 Å². The first-order valence-electron chi connectivity index (χ1n) is 6.73. The van der Waals surface area contributed by atoms with Crippen molar-refractivity contribution >= 4 is 21.4 Å². The van der Waals surface area contributed by atoms with Crippen LogP contribution in [-0.4, -0.2) is 37.9 Å². The summed E-state index contributed by atoms with van der Waals surface area (Å²) in [4.78, 5) is 11.8. The minimum atomic E-state index is -2.88. The molecule has 0 aromatic heterocycles. The molecule has 0 bridgehead atoms. The lowest BCUT2D eigenvalue weighted by atomic mass is 10.1. The first-order chi connectivity index (χ1) is 9.35. The minimum absolute atomic E-state index is 0.0321. The number of carbonyl (C=O) groups is 1. The molecule has 1 aliphatic heterocycles. The van der Waals surface area contributed by atoms with E-state index in [1.807, 2.05) is 13.8 Å². The van der Waals surface area contributed by atoms with Crippen molar-refractivity contribution in [2.75, 3.05) is 16.8 Å². The van der Waals surface area contributed by atoms with Gasteiger partial charge >= 0.3 is 0 Å². The van der Waals surface area contributed by atoms with Crippen LogP contribution in [-0.2, 0) is 9.84 Å². The molecule has 1 aliphatic rings. The highest BCUT2D eigenvalue weighted by molar-refractivity contribution is 7.91. The van der Waals surface area contributed by atoms with Crippen molar-refractivity contribution in [2.24, 2.45) is 0 Å². The molecular weight excluding hydrogens is 276 g/mol. The van der Waals surface area contributed by atoms with Crippen LogP contribution in [0.1, 0.15) is 30.6 Å². The molecular formula is C14H20N2O3S. The quantitative estimate of drug-likeness (QED) is 0.881. The van der Waals surface area contributed by atoms with E-state index in [-0.39, 0.29) is 29.5 Å². The molecule has 5 nitrogen and oxygen atoms in total. The average molecular weight is 296 g/mol. The van der Waals surface area contributed by atoms with Crippen LogP contribution in [0.5, 0.6) is 0 Å². The van der Waals surface area contributed by atoms with Gasteiger partial charge < -0.3 is 10.6 Å². The van der Waals surface area contributed by atoms with E-state index in [4.69, 9.17) is 0 Å². The standard InChI is InChI=1S/C14H20N2O3S/c1-10(2)15-14(17)11-3-5-12(6-4-11)16-13-7-8-20(18,19)9-13/h3-6,10,13,16H,7-9H2,1-2H3,(H,15,17). The van der Waals surface area contributed by atoms with Gasteiger partial charge in [-0.05, 0) is 44.5 Å². The van der Waals surface area contributed by atoms with Crippen LogP contribution in [0.15, 0.2) is 24.3 Å². The van der Waals surface area contributed by atoms with E-state index in [1.165, 1.54) is 0 Å². The molecule has 1 aromatic rings. The minimum Gasteiger partial charge on any atom is -0.381 e. The largest absolute Gasteiger partial charge is 0.381 e. The fraction of sp³-hybridized carbons (Fsp3) is 0.500. The van der Waals surface area contributed by atoms with Gasteiger partial charge in [-0.25, -0.2) is 8.42 Å². The third-order valence-corrected chi connectivity index (χ3v) is 4.94. The number of anilines is 1. The van der Waals surface area contributed by atoms with Crippen molar-refractivity contribution < 1.29 is 13.2 Å². The third-order valence-electron chi connectivity index (χ3n) is 3.17. The summed E-state index contributed by atoms with van der Waals surface area (Å²) in [5, 5.41) is 6.02. The van der Waals surface area contributed by atoms with Crippen molar-refractivity contribution in [3.63, 3.8) is 0 Å². The molecule has 0 radical (unpaired) electrons. The summed E-state index contributed by atoms with van der Waals surface area (Å²) in [6, 6.07) is 7.16. The van der Waals surface area contributed by atoms with Crippen LogP contribution in [0.4, 0.5) is 5.69 Å². The van der Waals surface area contributed by atoms with Crippen molar-refractivity contribution in [3.8, 4) is 0 Å². The SMILES string of the molecule is CC(C)NC(=O)c1ccc(NC2CCS(=O)(=O)C2)cc1. The number of hydrogen-bond acceptors (Lipinski definition) is 4. The normalized spacial score (nSPS) is 20.9. The summed E-state index contributed by atoms with van der Waals surface area (Å²) >= 11 is 0. The Morgan fingerprint density at radius 2 is 1.90 bits per heavy atom. The van der Waals surface area contributed by atoms with Crippen molar-refractivity contribution in [1.82, 2.24) is 5.32 Å². The number of amides is 1. The number of rotatable bonds is 4. The molecule has 1 amide bonds. The van der Waals surface area contributed by atoms with E-state index in [2.05, 4.69) is 10.6 Å². The Morgan fingerprint density at radius 3 is 2.40 bits per heavy atom. The Labute approximate surface area is 119 Å². The lowest BCUT2D eigenvalue weighted by Crippen LogP contribution is -2.30. The van der Waals surface area contributed by atoms with Gasteiger partial charge in [0.25, 0.3) is 5.91 Å². The molecule has 2 rings (SSSR count). The predicted molar refractivity (Wildman–Crippen MR) is 79.7 cm³/mol. The van der Waals surface area contributed by atoms with Crippen molar-refractivity contribution in [1.29, 1.82) is 0 Å². The monoisotopic (exact) mass is 296 g/mol. The van der Waals surface area contributed by atoms with Gasteiger partial charge in [0.1, 0.15) is 0 Å². The van der Waals surface area contributed by atoms with E-state index in [0.717, 1.165) is 5.69 Å². The predicted octanol–water partition coefficient (Wildman–Crippen LogP) is 1.42. The van der Waals surface area contributed by atoms with E-state index in [9.17, 15) is 13.2 Å². The van der Waals surface area contributed by atoms with Crippen molar-refractivity contribution in [3.05, 3.63) is 29.8 Å². The zero-order valence-electron chi connectivity index (χ0n) is 11.7. The molecule has 1 saturated heterocycles. The topological polar surface area (TPSA) is 75.3 Å². The van der Waals surface area contributed by atoms with E-state index in [0.29, 0.717) is 12.0 Å². The lowest BCUT2D eigenvalue weighted by molar-refractivity contribution is 0.0943. The number of benzene rings is 1. The smallest absolute Gasteiger partial charge is 0.251 e. The Balaban J connectivity index is 1.97. The summed E-state index contributed by atoms with van der Waals surface area (Å²) in [7, 11) is -2.88. The summed E-state index contributed by atoms with van der Waals surface area (Å²) in [5.74, 6) is 0.331. The van der Waals surface area contributed by atoms with Crippen LogP contribution in [0.2, 0.25) is 0 Å². The molecule has 2 N–H and O–H groups in total. The average Bonchev–Trinajstić information content (AvgIpc) is 2.68. The second-order valence-corrected chi connectivity index (χ2v) is 7.68. The summed E-state index contributed by atoms with van der Waals surface area (Å²) in [5.41, 5.74) is 1.44. The Bertz CT molecular complexity index is 579.